The molecule has 3 aromatic rings. The maximum absolute atomic E-state index is 14.2. The van der Waals surface area contributed by atoms with Crippen molar-refractivity contribution >= 4 is 23.9 Å². The molecule has 1 saturated carbocycles. The first-order valence-corrected chi connectivity index (χ1v) is 16.5. The molecule has 0 aliphatic heterocycles. The van der Waals surface area contributed by atoms with Gasteiger partial charge in [-0.05, 0) is 58.7 Å². The van der Waals surface area contributed by atoms with Gasteiger partial charge in [0.05, 0.1) is 32.3 Å². The van der Waals surface area contributed by atoms with Gasteiger partial charge in [0.25, 0.3) is 0 Å². The summed E-state index contributed by atoms with van der Waals surface area (Å²) in [5.74, 6) is -11.5. The number of phenols is 6. The third-order valence-electron chi connectivity index (χ3n) is 9.51. The predicted molar refractivity (Wildman–Crippen MR) is 183 cm³/mol. The highest BCUT2D eigenvalue weighted by Crippen LogP contribution is 2.54. The number of esters is 4. The molecule has 0 spiro atoms. The normalized spacial score (nSPS) is 22.9. The number of hydrogen-bond acceptors (Lipinski definition) is 16. The number of phenolic OH excluding ortho intramolecular Hbond substituents is 6. The molecule has 0 aromatic heterocycles. The lowest BCUT2D eigenvalue weighted by Gasteiger charge is -2.51. The molecule has 1 fully saturated rings. The molecule has 2 bridgehead atoms. The van der Waals surface area contributed by atoms with Crippen molar-refractivity contribution in [1.82, 2.24) is 0 Å². The van der Waals surface area contributed by atoms with Crippen LogP contribution in [-0.4, -0.2) is 103 Å². The molecule has 0 amide bonds. The Balaban J connectivity index is 1.47. The molecule has 3 aromatic carbocycles. The van der Waals surface area contributed by atoms with Gasteiger partial charge in [0.1, 0.15) is 0 Å². The first kappa shape index (κ1) is 39.0. The molecule has 6 rings (SSSR count). The van der Waals surface area contributed by atoms with Gasteiger partial charge in [-0.1, -0.05) is 30.4 Å². The summed E-state index contributed by atoms with van der Waals surface area (Å²) in [7, 11) is 2.14. The number of carbonyl (C=O) groups is 4. The second kappa shape index (κ2) is 16.2. The Labute approximate surface area is 307 Å². The fraction of sp³-hybridized carbons (Fsp3) is 0.316. The highest BCUT2D eigenvalue weighted by atomic mass is 16.6. The SMILES string of the molecule is COC(=O)C(Cc1ccc(O)c(O)c1)OC(=O)/C=C/C1=CC2C(c3ccc(O)c(O)c3)C(C(=O)OC(Cc3ccc(O)c(O)c3)C(=O)OC)C1[C@H](O)[C@H]2O. The smallest absolute Gasteiger partial charge is 0.347 e. The van der Waals surface area contributed by atoms with Crippen LogP contribution in [0, 0.1) is 17.8 Å². The third kappa shape index (κ3) is 8.19. The minimum Gasteiger partial charge on any atom is -0.504 e. The number of methoxy groups -OCH3 is 2. The molecule has 0 heterocycles. The van der Waals surface area contributed by atoms with Crippen molar-refractivity contribution in [3.8, 4) is 34.5 Å². The number of fused-ring (bicyclic) bond motifs is 2. The van der Waals surface area contributed by atoms with Crippen LogP contribution in [0.1, 0.15) is 22.6 Å². The standard InChI is InChI=1S/C38H38O16/c1-51-36(48)28(13-17-3-7-22(39)25(42)11-17)53-30(45)10-6-19-15-21-31(20-5-9-24(41)27(44)16-20)33(32(19)35(47)34(21)46)38(50)54-29(37(49)52-2)14-18-4-8-23(40)26(43)12-18/h3-12,15-16,21,28-29,31-35,39-44,46-47H,13-14H2,1-2H3/b10-6+/t21?,28?,29?,31?,32?,33?,34-,35-/m0/s1. The van der Waals surface area contributed by atoms with E-state index in [0.717, 1.165) is 26.4 Å². The zero-order chi connectivity index (χ0) is 39.4. The second-order valence-corrected chi connectivity index (χ2v) is 12.8. The fourth-order valence-electron chi connectivity index (χ4n) is 6.90. The minimum absolute atomic E-state index is 0.173. The van der Waals surface area contributed by atoms with E-state index in [0.29, 0.717) is 5.56 Å². The van der Waals surface area contributed by atoms with Crippen LogP contribution in [0.5, 0.6) is 34.5 Å². The maximum Gasteiger partial charge on any atom is 0.347 e. The van der Waals surface area contributed by atoms with Gasteiger partial charge in [-0.15, -0.1) is 0 Å². The molecule has 54 heavy (non-hydrogen) atoms. The summed E-state index contributed by atoms with van der Waals surface area (Å²) in [6, 6.07) is 11.2. The van der Waals surface area contributed by atoms with Crippen LogP contribution in [0.25, 0.3) is 0 Å². The van der Waals surface area contributed by atoms with Gasteiger partial charge < -0.3 is 59.8 Å². The van der Waals surface area contributed by atoms with Gasteiger partial charge >= 0.3 is 23.9 Å². The summed E-state index contributed by atoms with van der Waals surface area (Å²) in [5, 5.41) is 81.9. The van der Waals surface area contributed by atoms with E-state index in [9.17, 15) is 60.0 Å². The first-order valence-electron chi connectivity index (χ1n) is 16.5. The number of hydrogen-bond donors (Lipinski definition) is 8. The van der Waals surface area contributed by atoms with Crippen molar-refractivity contribution in [2.75, 3.05) is 14.2 Å². The quantitative estimate of drug-likeness (QED) is 0.0567. The van der Waals surface area contributed by atoms with Gasteiger partial charge in [0.2, 0.25) is 12.2 Å². The molecule has 8 atom stereocenters. The summed E-state index contributed by atoms with van der Waals surface area (Å²) >= 11 is 0. The van der Waals surface area contributed by atoms with Crippen LogP contribution in [0.15, 0.2) is 78.4 Å². The predicted octanol–water partition coefficient (Wildman–Crippen LogP) is 1.74. The monoisotopic (exact) mass is 750 g/mol. The van der Waals surface area contributed by atoms with Crippen molar-refractivity contribution < 1.29 is 79.0 Å². The van der Waals surface area contributed by atoms with Gasteiger partial charge in [0.15, 0.2) is 34.5 Å². The number of aliphatic hydroxyl groups excluding tert-OH is 2. The van der Waals surface area contributed by atoms with Crippen LogP contribution in [0.4, 0.5) is 0 Å². The lowest BCUT2D eigenvalue weighted by molar-refractivity contribution is -0.177. The van der Waals surface area contributed by atoms with Crippen LogP contribution >= 0.6 is 0 Å². The Bertz CT molecular complexity index is 1990. The van der Waals surface area contributed by atoms with Gasteiger partial charge in [-0.2, -0.15) is 0 Å². The number of carbonyl (C=O) groups excluding carboxylic acids is 4. The summed E-state index contributed by atoms with van der Waals surface area (Å²) in [6.45, 7) is 0. The van der Waals surface area contributed by atoms with E-state index in [4.69, 9.17) is 18.9 Å². The highest BCUT2D eigenvalue weighted by Gasteiger charge is 2.57. The minimum atomic E-state index is -1.62. The van der Waals surface area contributed by atoms with Crippen molar-refractivity contribution in [2.45, 2.75) is 43.2 Å². The number of aliphatic hydroxyl groups is 2. The topological polar surface area (TPSA) is 267 Å². The Morgan fingerprint density at radius 2 is 1.15 bits per heavy atom. The zero-order valence-corrected chi connectivity index (χ0v) is 28.8. The number of allylic oxidation sites excluding steroid dienone is 1. The Hall–Kier alpha value is -6.26. The molecule has 0 radical (unpaired) electrons. The maximum atomic E-state index is 14.2. The Morgan fingerprint density at radius 3 is 1.65 bits per heavy atom. The molecule has 16 nitrogen and oxygen atoms in total. The van der Waals surface area contributed by atoms with E-state index in [2.05, 4.69) is 0 Å². The van der Waals surface area contributed by atoms with E-state index in [1.165, 1.54) is 60.7 Å². The molecule has 3 aliphatic rings. The Kier molecular flexibility index (Phi) is 11.7. The summed E-state index contributed by atoms with van der Waals surface area (Å²) in [4.78, 5) is 52.6. The molecule has 8 N–H and O–H groups in total. The van der Waals surface area contributed by atoms with Crippen molar-refractivity contribution in [3.63, 3.8) is 0 Å². The molecule has 16 heteroatoms. The molecule has 0 saturated heterocycles. The summed E-state index contributed by atoms with van der Waals surface area (Å²) in [6.07, 6.45) is -3.05. The van der Waals surface area contributed by atoms with E-state index >= 15 is 0 Å². The van der Waals surface area contributed by atoms with Gasteiger partial charge in [-0.25, -0.2) is 14.4 Å². The van der Waals surface area contributed by atoms with E-state index in [-0.39, 0.29) is 29.5 Å². The van der Waals surface area contributed by atoms with Crippen molar-refractivity contribution in [1.29, 1.82) is 0 Å². The Morgan fingerprint density at radius 1 is 0.648 bits per heavy atom. The summed E-state index contributed by atoms with van der Waals surface area (Å²) < 4.78 is 20.6. The van der Waals surface area contributed by atoms with Crippen molar-refractivity contribution in [2.24, 2.45) is 17.8 Å². The van der Waals surface area contributed by atoms with Gasteiger partial charge in [0, 0.05) is 36.7 Å². The number of benzene rings is 3. The lowest BCUT2D eigenvalue weighted by atomic mass is 9.55. The second-order valence-electron chi connectivity index (χ2n) is 12.8. The molecular weight excluding hydrogens is 712 g/mol. The molecule has 3 aliphatic carbocycles. The number of aromatic hydroxyl groups is 6. The van der Waals surface area contributed by atoms with Crippen LogP contribution in [0.2, 0.25) is 0 Å². The first-order chi connectivity index (χ1) is 25.6. The van der Waals surface area contributed by atoms with E-state index in [1.54, 1.807) is 0 Å². The van der Waals surface area contributed by atoms with Crippen LogP contribution in [0.3, 0.4) is 0 Å². The van der Waals surface area contributed by atoms with Crippen LogP contribution < -0.4 is 0 Å². The number of ether oxygens (including phenoxy) is 4. The lowest BCUT2D eigenvalue weighted by Crippen LogP contribution is -2.57. The third-order valence-corrected chi connectivity index (χ3v) is 9.51. The number of rotatable bonds is 12. The zero-order valence-electron chi connectivity index (χ0n) is 28.8. The van der Waals surface area contributed by atoms with E-state index in [1.807, 2.05) is 0 Å². The molecule has 6 unspecified atom stereocenters. The summed E-state index contributed by atoms with van der Waals surface area (Å²) in [5.41, 5.74) is 1.03. The van der Waals surface area contributed by atoms with Crippen molar-refractivity contribution in [3.05, 3.63) is 95.1 Å². The van der Waals surface area contributed by atoms with E-state index < -0.39 is 106 Å². The van der Waals surface area contributed by atoms with Gasteiger partial charge in [-0.3, -0.25) is 4.79 Å². The fourth-order valence-corrected chi connectivity index (χ4v) is 6.90. The average molecular weight is 751 g/mol. The largest absolute Gasteiger partial charge is 0.504 e. The van der Waals surface area contributed by atoms with Crippen LogP contribution in [-0.2, 0) is 51.0 Å². The molecule has 286 valence electrons. The molecular formula is C38H38O16. The average Bonchev–Trinajstić information content (AvgIpc) is 3.14. The highest BCUT2D eigenvalue weighted by molar-refractivity contribution is 5.87.